The second-order valence-electron chi connectivity index (χ2n) is 9.61. The van der Waals surface area contributed by atoms with Crippen molar-refractivity contribution in [1.82, 2.24) is 0 Å². The van der Waals surface area contributed by atoms with E-state index in [1.54, 1.807) is 12.1 Å². The van der Waals surface area contributed by atoms with Crippen molar-refractivity contribution in [3.8, 4) is 11.8 Å². The van der Waals surface area contributed by atoms with Gasteiger partial charge in [0.1, 0.15) is 12.4 Å². The van der Waals surface area contributed by atoms with E-state index in [1.807, 2.05) is 30.3 Å². The maximum atomic E-state index is 11.3. The van der Waals surface area contributed by atoms with Gasteiger partial charge in [0, 0.05) is 24.6 Å². The summed E-state index contributed by atoms with van der Waals surface area (Å²) in [7, 11) is 1.45. The van der Waals surface area contributed by atoms with Gasteiger partial charge in [-0.1, -0.05) is 87.5 Å². The van der Waals surface area contributed by atoms with E-state index in [2.05, 4.69) is 63.2 Å². The van der Waals surface area contributed by atoms with Crippen LogP contribution in [-0.4, -0.2) is 26.2 Å². The summed E-state index contributed by atoms with van der Waals surface area (Å²) in [6, 6.07) is 26.0. The molecule has 6 nitrogen and oxygen atoms in total. The molecule has 1 atom stereocenters. The van der Waals surface area contributed by atoms with E-state index >= 15 is 0 Å². The van der Waals surface area contributed by atoms with E-state index in [4.69, 9.17) is 20.9 Å². The molecular weight excluding hydrogens is 462 g/mol. The van der Waals surface area contributed by atoms with Crippen LogP contribution in [0.4, 0.5) is 0 Å². The third-order valence-electron chi connectivity index (χ3n) is 6.81. The SMILES string of the molecule is CCc1ccc(/C=C(\C#N)c2ccc(C(C)(C)CN)cc2)cc1.COC1(C(N)=O)COc2ccccc21. The molecule has 1 amide bonds. The molecular formula is C31H35N3O3. The van der Waals surface area contributed by atoms with Crippen LogP contribution in [0.2, 0.25) is 0 Å². The second kappa shape index (κ2) is 11.9. The number of allylic oxidation sites excluding steroid dienone is 1. The van der Waals surface area contributed by atoms with Gasteiger partial charge in [0.05, 0.1) is 11.6 Å². The van der Waals surface area contributed by atoms with Gasteiger partial charge >= 0.3 is 0 Å². The van der Waals surface area contributed by atoms with E-state index in [0.29, 0.717) is 23.4 Å². The van der Waals surface area contributed by atoms with Crippen LogP contribution in [0, 0.1) is 11.3 Å². The summed E-state index contributed by atoms with van der Waals surface area (Å²) in [6.45, 7) is 7.13. The third kappa shape index (κ3) is 6.08. The first-order valence-electron chi connectivity index (χ1n) is 12.3. The predicted molar refractivity (Wildman–Crippen MR) is 148 cm³/mol. The molecule has 0 radical (unpaired) electrons. The Morgan fingerprint density at radius 3 is 2.30 bits per heavy atom. The summed E-state index contributed by atoms with van der Waals surface area (Å²) in [4.78, 5) is 11.3. The molecule has 0 saturated carbocycles. The molecule has 1 heterocycles. The van der Waals surface area contributed by atoms with Crippen molar-refractivity contribution >= 4 is 17.6 Å². The first kappa shape index (κ1) is 27.7. The van der Waals surface area contributed by atoms with Gasteiger partial charge in [-0.2, -0.15) is 5.26 Å². The molecule has 3 aromatic rings. The van der Waals surface area contributed by atoms with Crippen molar-refractivity contribution in [2.75, 3.05) is 20.3 Å². The first-order valence-corrected chi connectivity index (χ1v) is 12.3. The van der Waals surface area contributed by atoms with Crippen molar-refractivity contribution in [2.45, 2.75) is 38.2 Å². The fourth-order valence-corrected chi connectivity index (χ4v) is 4.07. The molecule has 1 aliphatic heterocycles. The minimum Gasteiger partial charge on any atom is -0.489 e. The van der Waals surface area contributed by atoms with Crippen molar-refractivity contribution in [3.05, 3.63) is 101 Å². The number of amides is 1. The van der Waals surface area contributed by atoms with Gasteiger partial charge in [0.15, 0.2) is 0 Å². The molecule has 0 spiro atoms. The topological polar surface area (TPSA) is 111 Å². The molecule has 6 heteroatoms. The van der Waals surface area contributed by atoms with Crippen LogP contribution in [0.15, 0.2) is 72.8 Å². The predicted octanol–water partition coefficient (Wildman–Crippen LogP) is 4.96. The molecule has 0 aliphatic carbocycles. The summed E-state index contributed by atoms with van der Waals surface area (Å²) in [5.41, 5.74) is 15.8. The number of aryl methyl sites for hydroxylation is 1. The van der Waals surface area contributed by atoms with Crippen LogP contribution < -0.4 is 16.2 Å². The van der Waals surface area contributed by atoms with Crippen molar-refractivity contribution < 1.29 is 14.3 Å². The van der Waals surface area contributed by atoms with Gasteiger partial charge in [-0.05, 0) is 40.8 Å². The number of carbonyl (C=O) groups is 1. The number of primary amides is 1. The largest absolute Gasteiger partial charge is 0.489 e. The quantitative estimate of drug-likeness (QED) is 0.354. The Morgan fingerprint density at radius 2 is 1.76 bits per heavy atom. The van der Waals surface area contributed by atoms with Crippen LogP contribution >= 0.6 is 0 Å². The number of fused-ring (bicyclic) bond motifs is 1. The average Bonchev–Trinajstić information content (AvgIpc) is 3.33. The molecule has 37 heavy (non-hydrogen) atoms. The number of nitrogens with zero attached hydrogens (tertiary/aromatic N) is 1. The zero-order valence-corrected chi connectivity index (χ0v) is 22.0. The van der Waals surface area contributed by atoms with Crippen molar-refractivity contribution in [3.63, 3.8) is 0 Å². The molecule has 192 valence electrons. The highest BCUT2D eigenvalue weighted by Gasteiger charge is 2.46. The van der Waals surface area contributed by atoms with E-state index in [9.17, 15) is 10.1 Å². The van der Waals surface area contributed by atoms with Gasteiger partial charge in [-0.25, -0.2) is 0 Å². The standard InChI is InChI=1S/C21H24N2.C10H11NO3/c1-4-16-5-7-17(8-6-16)13-19(14-22)18-9-11-20(12-10-18)21(2,3)15-23;1-13-10(9(11)12)6-14-8-5-3-2-4-7(8)10/h5-13H,4,15,23H2,1-3H3;2-5H,6H2,1H3,(H2,11,12)/b19-13+;. The molecule has 3 aromatic carbocycles. The molecule has 4 N–H and O–H groups in total. The highest BCUT2D eigenvalue weighted by Crippen LogP contribution is 2.38. The van der Waals surface area contributed by atoms with E-state index < -0.39 is 11.5 Å². The Bertz CT molecular complexity index is 1290. The summed E-state index contributed by atoms with van der Waals surface area (Å²) < 4.78 is 10.5. The highest BCUT2D eigenvalue weighted by molar-refractivity contribution is 5.89. The lowest BCUT2D eigenvalue weighted by molar-refractivity contribution is -0.142. The molecule has 1 unspecified atom stereocenters. The van der Waals surface area contributed by atoms with Crippen molar-refractivity contribution in [1.29, 1.82) is 5.26 Å². The number of ether oxygens (including phenoxy) is 2. The molecule has 0 saturated heterocycles. The molecule has 4 rings (SSSR count). The number of carbonyl (C=O) groups excluding carboxylic acids is 1. The normalized spacial score (nSPS) is 16.6. The van der Waals surface area contributed by atoms with Gasteiger partial charge in [0.25, 0.3) is 5.91 Å². The van der Waals surface area contributed by atoms with Gasteiger partial charge in [-0.15, -0.1) is 0 Å². The number of para-hydroxylation sites is 1. The van der Waals surface area contributed by atoms with E-state index in [-0.39, 0.29) is 12.0 Å². The van der Waals surface area contributed by atoms with Crippen molar-refractivity contribution in [2.24, 2.45) is 11.5 Å². The smallest absolute Gasteiger partial charge is 0.258 e. The van der Waals surface area contributed by atoms with Crippen LogP contribution in [0.25, 0.3) is 11.6 Å². The zero-order chi connectivity index (χ0) is 27.1. The Balaban J connectivity index is 0.000000231. The number of hydrogen-bond donors (Lipinski definition) is 2. The maximum Gasteiger partial charge on any atom is 0.258 e. The molecule has 0 bridgehead atoms. The fourth-order valence-electron chi connectivity index (χ4n) is 4.07. The zero-order valence-electron chi connectivity index (χ0n) is 22.0. The number of hydrogen-bond acceptors (Lipinski definition) is 5. The lowest BCUT2D eigenvalue weighted by atomic mass is 9.84. The third-order valence-corrected chi connectivity index (χ3v) is 6.81. The maximum absolute atomic E-state index is 11.3. The van der Waals surface area contributed by atoms with Gasteiger partial charge in [0.2, 0.25) is 5.60 Å². The monoisotopic (exact) mass is 497 g/mol. The molecule has 0 aromatic heterocycles. The lowest BCUT2D eigenvalue weighted by Gasteiger charge is -2.23. The first-order chi connectivity index (χ1) is 17.7. The van der Waals surface area contributed by atoms with Crippen LogP contribution in [-0.2, 0) is 27.0 Å². The second-order valence-corrected chi connectivity index (χ2v) is 9.61. The fraction of sp³-hybridized carbons (Fsp3) is 0.290. The summed E-state index contributed by atoms with van der Waals surface area (Å²) in [5.74, 6) is 0.137. The number of benzene rings is 3. The van der Waals surface area contributed by atoms with Crippen LogP contribution in [0.1, 0.15) is 48.6 Å². The summed E-state index contributed by atoms with van der Waals surface area (Å²) in [5, 5.41) is 9.48. The lowest BCUT2D eigenvalue weighted by Crippen LogP contribution is -2.44. The van der Waals surface area contributed by atoms with E-state index in [1.165, 1.54) is 18.2 Å². The van der Waals surface area contributed by atoms with Gasteiger partial charge < -0.3 is 20.9 Å². The number of nitrogens with two attached hydrogens (primary N) is 2. The average molecular weight is 498 g/mol. The minimum absolute atomic E-state index is 0.0506. The Labute approximate surface area is 219 Å². The van der Waals surface area contributed by atoms with Crippen LogP contribution in [0.3, 0.4) is 0 Å². The Kier molecular flexibility index (Phi) is 8.88. The van der Waals surface area contributed by atoms with Crippen LogP contribution in [0.5, 0.6) is 5.75 Å². The molecule has 1 aliphatic rings. The highest BCUT2D eigenvalue weighted by atomic mass is 16.6. The number of methoxy groups -OCH3 is 1. The Hall–Kier alpha value is -3.92. The van der Waals surface area contributed by atoms with Gasteiger partial charge in [-0.3, -0.25) is 4.79 Å². The number of rotatable bonds is 7. The van der Waals surface area contributed by atoms with E-state index in [0.717, 1.165) is 17.5 Å². The molecule has 0 fully saturated rings. The number of nitriles is 1. The summed E-state index contributed by atoms with van der Waals surface area (Å²) in [6.07, 6.45) is 2.95. The minimum atomic E-state index is -1.11. The summed E-state index contributed by atoms with van der Waals surface area (Å²) >= 11 is 0. The Morgan fingerprint density at radius 1 is 1.11 bits per heavy atom.